The Balaban J connectivity index is 1.60. The Morgan fingerprint density at radius 3 is 2.84 bits per heavy atom. The standard InChI is InChI=1S/C18H22N6O/c1-10-14(11(2)23-22-10)4-5-16-21-18(24-25-16)17-12(3)20-9-13-8-19-7-6-15(13)17/h9,19H,4-8H2,1-3H3,(H,22,23). The van der Waals surface area contributed by atoms with Crippen LogP contribution in [0.1, 0.15) is 39.7 Å². The first-order chi connectivity index (χ1) is 12.1. The molecule has 1 aliphatic rings. The molecule has 4 rings (SSSR count). The van der Waals surface area contributed by atoms with Crippen LogP contribution < -0.4 is 5.32 Å². The van der Waals surface area contributed by atoms with Crippen LogP contribution >= 0.6 is 0 Å². The van der Waals surface area contributed by atoms with Gasteiger partial charge in [0.05, 0.1) is 5.69 Å². The van der Waals surface area contributed by atoms with E-state index in [4.69, 9.17) is 4.52 Å². The van der Waals surface area contributed by atoms with E-state index in [0.29, 0.717) is 18.1 Å². The number of hydrogen-bond acceptors (Lipinski definition) is 6. The molecule has 0 fully saturated rings. The predicted molar refractivity (Wildman–Crippen MR) is 93.1 cm³/mol. The van der Waals surface area contributed by atoms with Crippen LogP contribution in [0.25, 0.3) is 11.4 Å². The molecule has 0 radical (unpaired) electrons. The molecular formula is C18H22N6O. The van der Waals surface area contributed by atoms with Crippen LogP contribution in [0.4, 0.5) is 0 Å². The first kappa shape index (κ1) is 16.0. The predicted octanol–water partition coefficient (Wildman–Crippen LogP) is 2.21. The Morgan fingerprint density at radius 2 is 2.04 bits per heavy atom. The van der Waals surface area contributed by atoms with E-state index in [1.165, 1.54) is 16.7 Å². The van der Waals surface area contributed by atoms with Crippen LogP contribution in [0.3, 0.4) is 0 Å². The molecule has 0 aliphatic carbocycles. The SMILES string of the molecule is Cc1n[nH]c(C)c1CCc1nc(-c2c(C)ncc3c2CCNC3)no1. The average molecular weight is 338 g/mol. The second kappa shape index (κ2) is 6.40. The first-order valence-corrected chi connectivity index (χ1v) is 8.65. The number of nitrogens with zero attached hydrogens (tertiary/aromatic N) is 4. The van der Waals surface area contributed by atoms with Gasteiger partial charge >= 0.3 is 0 Å². The molecule has 0 saturated heterocycles. The summed E-state index contributed by atoms with van der Waals surface area (Å²) in [5.74, 6) is 1.31. The van der Waals surface area contributed by atoms with E-state index < -0.39 is 0 Å². The molecule has 7 nitrogen and oxygen atoms in total. The van der Waals surface area contributed by atoms with E-state index >= 15 is 0 Å². The van der Waals surface area contributed by atoms with Gasteiger partial charge in [0, 0.05) is 36.1 Å². The minimum atomic E-state index is 0.652. The molecule has 0 amide bonds. The summed E-state index contributed by atoms with van der Waals surface area (Å²) in [7, 11) is 0. The third kappa shape index (κ3) is 2.95. The molecule has 0 saturated carbocycles. The van der Waals surface area contributed by atoms with Crippen molar-refractivity contribution >= 4 is 0 Å². The lowest BCUT2D eigenvalue weighted by molar-refractivity contribution is 0.378. The molecule has 4 heterocycles. The van der Waals surface area contributed by atoms with Gasteiger partial charge in [-0.05, 0) is 56.8 Å². The number of aromatic nitrogens is 5. The van der Waals surface area contributed by atoms with Crippen molar-refractivity contribution in [3.8, 4) is 11.4 Å². The topological polar surface area (TPSA) is 92.5 Å². The largest absolute Gasteiger partial charge is 0.339 e. The van der Waals surface area contributed by atoms with Gasteiger partial charge in [0.2, 0.25) is 11.7 Å². The molecule has 25 heavy (non-hydrogen) atoms. The fourth-order valence-corrected chi connectivity index (χ4v) is 3.50. The van der Waals surface area contributed by atoms with Crippen LogP contribution in [0, 0.1) is 20.8 Å². The third-order valence-corrected chi connectivity index (χ3v) is 4.89. The Bertz CT molecular complexity index is 891. The van der Waals surface area contributed by atoms with Crippen molar-refractivity contribution in [1.82, 2.24) is 30.6 Å². The van der Waals surface area contributed by atoms with Gasteiger partial charge < -0.3 is 9.84 Å². The molecule has 3 aromatic heterocycles. The number of fused-ring (bicyclic) bond motifs is 1. The quantitative estimate of drug-likeness (QED) is 0.758. The van der Waals surface area contributed by atoms with Crippen LogP contribution in [-0.2, 0) is 25.8 Å². The highest BCUT2D eigenvalue weighted by Gasteiger charge is 2.21. The molecule has 7 heteroatoms. The van der Waals surface area contributed by atoms with Crippen LogP contribution in [-0.4, -0.2) is 31.9 Å². The summed E-state index contributed by atoms with van der Waals surface area (Å²) in [6, 6.07) is 0. The highest BCUT2D eigenvalue weighted by atomic mass is 16.5. The summed E-state index contributed by atoms with van der Waals surface area (Å²) < 4.78 is 5.51. The maximum Gasteiger partial charge on any atom is 0.227 e. The fraction of sp³-hybridized carbons (Fsp3) is 0.444. The van der Waals surface area contributed by atoms with E-state index in [2.05, 4.69) is 30.6 Å². The summed E-state index contributed by atoms with van der Waals surface area (Å²) in [5, 5.41) is 14.9. The van der Waals surface area contributed by atoms with Crippen molar-refractivity contribution in [3.05, 3.63) is 45.9 Å². The Morgan fingerprint density at radius 1 is 1.16 bits per heavy atom. The zero-order chi connectivity index (χ0) is 17.4. The van der Waals surface area contributed by atoms with Crippen LogP contribution in [0.15, 0.2) is 10.7 Å². The van der Waals surface area contributed by atoms with Crippen molar-refractivity contribution < 1.29 is 4.52 Å². The van der Waals surface area contributed by atoms with E-state index in [9.17, 15) is 0 Å². The van der Waals surface area contributed by atoms with Crippen molar-refractivity contribution in [3.63, 3.8) is 0 Å². The third-order valence-electron chi connectivity index (χ3n) is 4.89. The van der Waals surface area contributed by atoms with Gasteiger partial charge in [-0.15, -0.1) is 0 Å². The molecule has 2 N–H and O–H groups in total. The van der Waals surface area contributed by atoms with Gasteiger partial charge in [-0.25, -0.2) is 0 Å². The molecule has 130 valence electrons. The monoisotopic (exact) mass is 338 g/mol. The number of H-pyrrole nitrogens is 1. The van der Waals surface area contributed by atoms with Crippen molar-refractivity contribution in [2.75, 3.05) is 6.54 Å². The molecular weight excluding hydrogens is 316 g/mol. The summed E-state index contributed by atoms with van der Waals surface area (Å²) in [6.45, 7) is 7.86. The minimum Gasteiger partial charge on any atom is -0.339 e. The summed E-state index contributed by atoms with van der Waals surface area (Å²) in [6.07, 6.45) is 4.46. The number of aryl methyl sites for hydroxylation is 4. The van der Waals surface area contributed by atoms with Crippen molar-refractivity contribution in [2.45, 2.75) is 46.6 Å². The maximum absolute atomic E-state index is 5.51. The van der Waals surface area contributed by atoms with Gasteiger partial charge in [0.25, 0.3) is 0 Å². The minimum absolute atomic E-state index is 0.652. The molecule has 0 bridgehead atoms. The van der Waals surface area contributed by atoms with Crippen molar-refractivity contribution in [2.24, 2.45) is 0 Å². The lowest BCUT2D eigenvalue weighted by Crippen LogP contribution is -2.24. The molecule has 0 spiro atoms. The molecule has 0 aromatic carbocycles. The maximum atomic E-state index is 5.51. The van der Waals surface area contributed by atoms with E-state index in [0.717, 1.165) is 48.6 Å². The first-order valence-electron chi connectivity index (χ1n) is 8.65. The van der Waals surface area contributed by atoms with Crippen molar-refractivity contribution in [1.29, 1.82) is 0 Å². The van der Waals surface area contributed by atoms with E-state index in [1.807, 2.05) is 27.0 Å². The van der Waals surface area contributed by atoms with E-state index in [-0.39, 0.29) is 0 Å². The molecule has 0 unspecified atom stereocenters. The number of hydrogen-bond donors (Lipinski definition) is 2. The van der Waals surface area contributed by atoms with Crippen LogP contribution in [0.2, 0.25) is 0 Å². The molecule has 0 atom stereocenters. The lowest BCUT2D eigenvalue weighted by atomic mass is 9.95. The average Bonchev–Trinajstić information content (AvgIpc) is 3.20. The highest BCUT2D eigenvalue weighted by molar-refractivity contribution is 5.64. The molecule has 1 aliphatic heterocycles. The van der Waals surface area contributed by atoms with Gasteiger partial charge in [0.1, 0.15) is 0 Å². The fourth-order valence-electron chi connectivity index (χ4n) is 3.50. The summed E-state index contributed by atoms with van der Waals surface area (Å²) in [4.78, 5) is 9.15. The number of rotatable bonds is 4. The number of nitrogens with one attached hydrogen (secondary N) is 2. The smallest absolute Gasteiger partial charge is 0.227 e. The van der Waals surface area contributed by atoms with Gasteiger partial charge in [0.15, 0.2) is 0 Å². The Labute approximate surface area is 146 Å². The number of pyridine rings is 1. The zero-order valence-corrected chi connectivity index (χ0v) is 14.8. The second-order valence-electron chi connectivity index (χ2n) is 6.57. The Hall–Kier alpha value is -2.54. The highest BCUT2D eigenvalue weighted by Crippen LogP contribution is 2.28. The van der Waals surface area contributed by atoms with Gasteiger partial charge in [-0.2, -0.15) is 10.1 Å². The second-order valence-corrected chi connectivity index (χ2v) is 6.57. The molecule has 3 aromatic rings. The summed E-state index contributed by atoms with van der Waals surface area (Å²) in [5.41, 5.74) is 7.85. The zero-order valence-electron chi connectivity index (χ0n) is 14.8. The van der Waals surface area contributed by atoms with Crippen LogP contribution in [0.5, 0.6) is 0 Å². The van der Waals surface area contributed by atoms with Gasteiger partial charge in [-0.1, -0.05) is 5.16 Å². The lowest BCUT2D eigenvalue weighted by Gasteiger charge is -2.19. The normalized spacial score (nSPS) is 13.9. The van der Waals surface area contributed by atoms with E-state index in [1.54, 1.807) is 0 Å². The summed E-state index contributed by atoms with van der Waals surface area (Å²) >= 11 is 0. The Kier molecular flexibility index (Phi) is 4.09. The number of aromatic amines is 1. The van der Waals surface area contributed by atoms with Gasteiger partial charge in [-0.3, -0.25) is 10.1 Å².